The molecule has 0 bridgehead atoms. The maximum atomic E-state index is 12.0. The van der Waals surface area contributed by atoms with Gasteiger partial charge >= 0.3 is 0 Å². The van der Waals surface area contributed by atoms with Crippen molar-refractivity contribution in [3.63, 3.8) is 0 Å². The molecule has 0 unspecified atom stereocenters. The number of hydrogen-bond donors (Lipinski definition) is 3. The Labute approximate surface area is 130 Å². The molecule has 21 heavy (non-hydrogen) atoms. The molecule has 0 saturated heterocycles. The van der Waals surface area contributed by atoms with E-state index in [1.54, 1.807) is 0 Å². The van der Waals surface area contributed by atoms with Crippen molar-refractivity contribution in [3.8, 4) is 0 Å². The predicted octanol–water partition coefficient (Wildman–Crippen LogP) is -0.214. The predicted molar refractivity (Wildman–Crippen MR) is 81.3 cm³/mol. The third-order valence-electron chi connectivity index (χ3n) is 2.76. The van der Waals surface area contributed by atoms with Gasteiger partial charge in [0.2, 0.25) is 20.0 Å². The van der Waals surface area contributed by atoms with Gasteiger partial charge in [0.15, 0.2) is 0 Å². The van der Waals surface area contributed by atoms with Gasteiger partial charge in [-0.15, -0.1) is 12.4 Å². The van der Waals surface area contributed by atoms with Crippen LogP contribution in [0.5, 0.6) is 0 Å². The highest BCUT2D eigenvalue weighted by molar-refractivity contribution is 7.90. The second-order valence-corrected chi connectivity index (χ2v) is 8.04. The van der Waals surface area contributed by atoms with E-state index in [0.717, 1.165) is 18.9 Å². The zero-order chi connectivity index (χ0) is 14.8. The first-order chi connectivity index (χ1) is 9.35. The van der Waals surface area contributed by atoms with Crippen molar-refractivity contribution in [2.45, 2.75) is 28.7 Å². The van der Waals surface area contributed by atoms with Crippen LogP contribution in [-0.4, -0.2) is 36.0 Å². The summed E-state index contributed by atoms with van der Waals surface area (Å²) in [6.45, 7) is 0.264. The molecule has 1 saturated carbocycles. The Balaban J connectivity index is 0.00000220. The minimum Gasteiger partial charge on any atom is -0.329 e. The van der Waals surface area contributed by atoms with Crippen molar-refractivity contribution < 1.29 is 16.8 Å². The number of nitrogens with two attached hydrogens (primary N) is 1. The maximum Gasteiger partial charge on any atom is 0.240 e. The zero-order valence-electron chi connectivity index (χ0n) is 11.2. The van der Waals surface area contributed by atoms with Crippen molar-refractivity contribution >= 4 is 32.5 Å². The van der Waals surface area contributed by atoms with Crippen LogP contribution >= 0.6 is 12.4 Å². The molecule has 0 spiro atoms. The Bertz CT molecular complexity index is 687. The van der Waals surface area contributed by atoms with Gasteiger partial charge in [0, 0.05) is 19.1 Å². The number of hydrogen-bond acceptors (Lipinski definition) is 5. The summed E-state index contributed by atoms with van der Waals surface area (Å²) < 4.78 is 52.7. The lowest BCUT2D eigenvalue weighted by Gasteiger charge is -2.09. The molecule has 0 radical (unpaired) electrons. The van der Waals surface area contributed by atoms with Gasteiger partial charge in [0.25, 0.3) is 0 Å². The fourth-order valence-corrected chi connectivity index (χ4v) is 4.09. The Hall–Kier alpha value is -0.710. The van der Waals surface area contributed by atoms with Crippen molar-refractivity contribution in [1.82, 2.24) is 9.44 Å². The fourth-order valence-electron chi connectivity index (χ4n) is 1.57. The Morgan fingerprint density at radius 1 is 1.10 bits per heavy atom. The maximum absolute atomic E-state index is 12.0. The average Bonchev–Trinajstić information content (AvgIpc) is 3.20. The standard InChI is InChI=1S/C11H17N3O4S2.ClH/c12-6-7-13-19(15,16)10-2-1-3-11(8-10)20(17,18)14-9-4-5-9;/h1-3,8-9,13-14H,4-7,12H2;1H. The van der Waals surface area contributed by atoms with Crippen molar-refractivity contribution in [1.29, 1.82) is 0 Å². The summed E-state index contributed by atoms with van der Waals surface area (Å²) in [6, 6.07) is 5.22. The van der Waals surface area contributed by atoms with Crippen LogP contribution in [0.4, 0.5) is 0 Å². The van der Waals surface area contributed by atoms with Crippen LogP contribution < -0.4 is 15.2 Å². The Morgan fingerprint density at radius 2 is 1.67 bits per heavy atom. The number of sulfonamides is 2. The van der Waals surface area contributed by atoms with Crippen LogP contribution in [0.15, 0.2) is 34.1 Å². The molecule has 10 heteroatoms. The van der Waals surface area contributed by atoms with Gasteiger partial charge in [-0.25, -0.2) is 26.3 Å². The van der Waals surface area contributed by atoms with E-state index in [4.69, 9.17) is 5.73 Å². The van der Waals surface area contributed by atoms with Crippen LogP contribution in [0.3, 0.4) is 0 Å². The molecule has 1 aromatic rings. The fraction of sp³-hybridized carbons (Fsp3) is 0.455. The van der Waals surface area contributed by atoms with E-state index in [1.165, 1.54) is 18.2 Å². The molecule has 1 aromatic carbocycles. The first kappa shape index (κ1) is 18.3. The molecule has 1 aliphatic rings. The van der Waals surface area contributed by atoms with Gasteiger partial charge in [0.1, 0.15) is 0 Å². The second kappa shape index (κ2) is 7.03. The normalized spacial score (nSPS) is 15.5. The highest BCUT2D eigenvalue weighted by Crippen LogP contribution is 2.23. The first-order valence-electron chi connectivity index (χ1n) is 6.17. The van der Waals surface area contributed by atoms with E-state index >= 15 is 0 Å². The minimum absolute atomic E-state index is 0. The molecular formula is C11H18ClN3O4S2. The minimum atomic E-state index is -3.74. The van der Waals surface area contributed by atoms with Gasteiger partial charge in [-0.2, -0.15) is 0 Å². The van der Waals surface area contributed by atoms with Crippen LogP contribution in [0, 0.1) is 0 Å². The molecule has 0 atom stereocenters. The van der Waals surface area contributed by atoms with E-state index in [-0.39, 0.29) is 41.3 Å². The average molecular weight is 356 g/mol. The van der Waals surface area contributed by atoms with Crippen LogP contribution in [0.25, 0.3) is 0 Å². The first-order valence-corrected chi connectivity index (χ1v) is 9.14. The zero-order valence-corrected chi connectivity index (χ0v) is 13.6. The topological polar surface area (TPSA) is 118 Å². The third-order valence-corrected chi connectivity index (χ3v) is 5.74. The van der Waals surface area contributed by atoms with Gasteiger partial charge in [-0.3, -0.25) is 0 Å². The van der Waals surface area contributed by atoms with E-state index in [9.17, 15) is 16.8 Å². The van der Waals surface area contributed by atoms with E-state index in [2.05, 4.69) is 9.44 Å². The van der Waals surface area contributed by atoms with E-state index in [1.807, 2.05) is 0 Å². The lowest BCUT2D eigenvalue weighted by atomic mass is 10.4. The molecule has 0 aromatic heterocycles. The quantitative estimate of drug-likeness (QED) is 0.625. The van der Waals surface area contributed by atoms with Gasteiger partial charge in [0.05, 0.1) is 9.79 Å². The van der Waals surface area contributed by atoms with E-state index in [0.29, 0.717) is 0 Å². The van der Waals surface area contributed by atoms with Gasteiger partial charge in [-0.05, 0) is 31.0 Å². The van der Waals surface area contributed by atoms with E-state index < -0.39 is 20.0 Å². The Kier molecular flexibility index (Phi) is 6.14. The SMILES string of the molecule is Cl.NCCNS(=O)(=O)c1cccc(S(=O)(=O)NC2CC2)c1. The van der Waals surface area contributed by atoms with Gasteiger partial charge in [-0.1, -0.05) is 6.07 Å². The summed E-state index contributed by atoms with van der Waals surface area (Å²) in [5, 5.41) is 0. The van der Waals surface area contributed by atoms with Gasteiger partial charge < -0.3 is 5.73 Å². The number of halogens is 1. The van der Waals surface area contributed by atoms with Crippen LogP contribution in [0.1, 0.15) is 12.8 Å². The molecule has 0 aliphatic heterocycles. The molecule has 4 N–H and O–H groups in total. The highest BCUT2D eigenvalue weighted by atomic mass is 35.5. The molecule has 7 nitrogen and oxygen atoms in total. The molecule has 120 valence electrons. The summed E-state index contributed by atoms with van der Waals surface area (Å²) >= 11 is 0. The molecular weight excluding hydrogens is 338 g/mol. The molecule has 2 rings (SSSR count). The van der Waals surface area contributed by atoms with Crippen LogP contribution in [-0.2, 0) is 20.0 Å². The summed E-state index contributed by atoms with van der Waals surface area (Å²) in [4.78, 5) is -0.148. The summed E-state index contributed by atoms with van der Waals surface area (Å²) in [5.74, 6) is 0. The lowest BCUT2D eigenvalue weighted by Crippen LogP contribution is -2.30. The number of rotatable bonds is 7. The smallest absolute Gasteiger partial charge is 0.240 e. The van der Waals surface area contributed by atoms with Crippen molar-refractivity contribution in [3.05, 3.63) is 24.3 Å². The highest BCUT2D eigenvalue weighted by Gasteiger charge is 2.28. The van der Waals surface area contributed by atoms with Crippen molar-refractivity contribution in [2.75, 3.05) is 13.1 Å². The summed E-state index contributed by atoms with van der Waals surface area (Å²) in [6.07, 6.45) is 1.63. The lowest BCUT2D eigenvalue weighted by molar-refractivity contribution is 0.579. The van der Waals surface area contributed by atoms with Crippen molar-refractivity contribution in [2.24, 2.45) is 5.73 Å². The molecule has 0 amide bonds. The number of benzene rings is 1. The number of nitrogens with one attached hydrogen (secondary N) is 2. The summed E-state index contributed by atoms with van der Waals surface area (Å²) in [5.41, 5.74) is 5.24. The second-order valence-electron chi connectivity index (χ2n) is 4.56. The monoisotopic (exact) mass is 355 g/mol. The third kappa shape index (κ3) is 4.90. The molecule has 0 heterocycles. The summed E-state index contributed by atoms with van der Waals surface area (Å²) in [7, 11) is -7.41. The molecule has 1 fully saturated rings. The Morgan fingerprint density at radius 3 is 2.19 bits per heavy atom. The molecule has 1 aliphatic carbocycles. The largest absolute Gasteiger partial charge is 0.329 e. The van der Waals surface area contributed by atoms with Crippen LogP contribution in [0.2, 0.25) is 0 Å².